The number of oxazole rings is 1. The number of carbonyl (C=O) groups is 1. The van der Waals surface area contributed by atoms with Crippen LogP contribution in [0.25, 0.3) is 10.9 Å². The maximum atomic E-state index is 12.9. The Labute approximate surface area is 251 Å². The molecule has 7 heteroatoms. The third kappa shape index (κ3) is 7.20. The zero-order valence-electron chi connectivity index (χ0n) is 24.1. The van der Waals surface area contributed by atoms with Crippen molar-refractivity contribution in [3.05, 3.63) is 150 Å². The van der Waals surface area contributed by atoms with Crippen LogP contribution in [0.2, 0.25) is 0 Å². The van der Waals surface area contributed by atoms with E-state index >= 15 is 0 Å². The summed E-state index contributed by atoms with van der Waals surface area (Å²) in [7, 11) is 0. The highest BCUT2D eigenvalue weighted by Gasteiger charge is 2.18. The van der Waals surface area contributed by atoms with E-state index in [0.29, 0.717) is 19.0 Å². The minimum atomic E-state index is -0.262. The average molecular weight is 571 g/mol. The molecular formula is C36H34N4O3. The van der Waals surface area contributed by atoms with Gasteiger partial charge in [0.25, 0.3) is 5.91 Å². The molecule has 2 N–H and O–H groups in total. The molecule has 216 valence electrons. The number of para-hydroxylation sites is 2. The zero-order valence-corrected chi connectivity index (χ0v) is 24.1. The van der Waals surface area contributed by atoms with E-state index in [0.717, 1.165) is 41.1 Å². The summed E-state index contributed by atoms with van der Waals surface area (Å²) in [6, 6.07) is 35.9. The Morgan fingerprint density at radius 3 is 2.49 bits per heavy atom. The van der Waals surface area contributed by atoms with Crippen molar-refractivity contribution >= 4 is 16.8 Å². The minimum Gasteiger partial charge on any atom is -0.457 e. The van der Waals surface area contributed by atoms with Crippen molar-refractivity contribution in [1.29, 1.82) is 0 Å². The molecule has 2 aromatic heterocycles. The second-order valence-corrected chi connectivity index (χ2v) is 10.6. The molecule has 0 saturated carbocycles. The maximum absolute atomic E-state index is 12.9. The number of H-pyrrole nitrogens is 1. The van der Waals surface area contributed by atoms with Crippen LogP contribution in [0, 0.1) is 0 Å². The van der Waals surface area contributed by atoms with Crippen molar-refractivity contribution < 1.29 is 13.9 Å². The van der Waals surface area contributed by atoms with Crippen LogP contribution in [0.5, 0.6) is 11.5 Å². The number of benzene rings is 4. The first-order chi connectivity index (χ1) is 21.1. The highest BCUT2D eigenvalue weighted by Crippen LogP contribution is 2.24. The highest BCUT2D eigenvalue weighted by molar-refractivity contribution is 5.92. The van der Waals surface area contributed by atoms with Crippen LogP contribution in [0.3, 0.4) is 0 Å². The SMILES string of the molecule is CC(NC(=O)c1coc(CN(CCc2c[nH]c3ccccc23)Cc2cccc(Oc3ccccc3)c2)n1)c1ccccc1. The maximum Gasteiger partial charge on any atom is 0.273 e. The molecule has 0 aliphatic rings. The van der Waals surface area contributed by atoms with E-state index in [9.17, 15) is 4.79 Å². The molecule has 7 nitrogen and oxygen atoms in total. The predicted octanol–water partition coefficient (Wildman–Crippen LogP) is 7.68. The topological polar surface area (TPSA) is 83.4 Å². The first-order valence-electron chi connectivity index (χ1n) is 14.5. The van der Waals surface area contributed by atoms with Crippen LogP contribution < -0.4 is 10.1 Å². The van der Waals surface area contributed by atoms with E-state index in [-0.39, 0.29) is 17.6 Å². The van der Waals surface area contributed by atoms with Gasteiger partial charge in [-0.25, -0.2) is 4.98 Å². The van der Waals surface area contributed by atoms with Gasteiger partial charge in [0.1, 0.15) is 17.8 Å². The number of rotatable bonds is 12. The third-order valence-corrected chi connectivity index (χ3v) is 7.45. The van der Waals surface area contributed by atoms with Crippen molar-refractivity contribution in [2.75, 3.05) is 6.54 Å². The standard InChI is InChI=1S/C36H34N4O3/c1-26(28-12-4-2-5-13-28)38-36(41)34-25-42-35(39-34)24-40(20-19-29-22-37-33-18-9-8-17-32(29)33)23-27-11-10-16-31(21-27)43-30-14-6-3-7-15-30/h2-18,21-22,25-26,37H,19-20,23-24H2,1H3,(H,38,41). The molecule has 6 rings (SSSR count). The average Bonchev–Trinajstić information content (AvgIpc) is 3.68. The number of aromatic nitrogens is 2. The first kappa shape index (κ1) is 28.0. The van der Waals surface area contributed by atoms with Gasteiger partial charge >= 0.3 is 0 Å². The number of nitrogens with one attached hydrogen (secondary N) is 2. The number of hydrogen-bond acceptors (Lipinski definition) is 5. The second kappa shape index (κ2) is 13.2. The molecule has 0 aliphatic carbocycles. The molecule has 0 saturated heterocycles. The largest absolute Gasteiger partial charge is 0.457 e. The summed E-state index contributed by atoms with van der Waals surface area (Å²) in [6.07, 6.45) is 4.36. The lowest BCUT2D eigenvalue weighted by Gasteiger charge is -2.21. The van der Waals surface area contributed by atoms with Gasteiger partial charge in [0.05, 0.1) is 12.6 Å². The molecule has 0 radical (unpaired) electrons. The van der Waals surface area contributed by atoms with E-state index in [1.165, 1.54) is 17.2 Å². The van der Waals surface area contributed by atoms with Crippen molar-refractivity contribution in [2.45, 2.75) is 32.5 Å². The van der Waals surface area contributed by atoms with E-state index < -0.39 is 0 Å². The van der Waals surface area contributed by atoms with Crippen LogP contribution >= 0.6 is 0 Å². The molecule has 4 aromatic carbocycles. The van der Waals surface area contributed by atoms with E-state index in [2.05, 4.69) is 56.7 Å². The summed E-state index contributed by atoms with van der Waals surface area (Å²) in [4.78, 5) is 23.2. The third-order valence-electron chi connectivity index (χ3n) is 7.45. The summed E-state index contributed by atoms with van der Waals surface area (Å²) in [5.41, 5.74) is 4.79. The van der Waals surface area contributed by atoms with Gasteiger partial charge in [0, 0.05) is 30.2 Å². The molecule has 43 heavy (non-hydrogen) atoms. The number of hydrogen-bond donors (Lipinski definition) is 2. The zero-order chi connectivity index (χ0) is 29.4. The van der Waals surface area contributed by atoms with E-state index in [1.54, 1.807) is 0 Å². The number of ether oxygens (including phenoxy) is 1. The summed E-state index contributed by atoms with van der Waals surface area (Å²) < 4.78 is 11.9. The Kier molecular flexibility index (Phi) is 8.61. The molecular weight excluding hydrogens is 536 g/mol. The lowest BCUT2D eigenvalue weighted by Crippen LogP contribution is -2.27. The molecule has 1 atom stereocenters. The van der Waals surface area contributed by atoms with Crippen molar-refractivity contribution in [1.82, 2.24) is 20.2 Å². The number of carbonyl (C=O) groups excluding carboxylic acids is 1. The number of fused-ring (bicyclic) bond motifs is 1. The Bertz CT molecular complexity index is 1780. The Morgan fingerprint density at radius 2 is 1.65 bits per heavy atom. The van der Waals surface area contributed by atoms with Gasteiger partial charge in [-0.2, -0.15) is 0 Å². The van der Waals surface area contributed by atoms with E-state index in [1.807, 2.05) is 85.8 Å². The Balaban J connectivity index is 1.17. The molecule has 1 amide bonds. The predicted molar refractivity (Wildman–Crippen MR) is 168 cm³/mol. The molecule has 0 spiro atoms. The monoisotopic (exact) mass is 570 g/mol. The fourth-order valence-corrected chi connectivity index (χ4v) is 5.20. The fraction of sp³-hybridized carbons (Fsp3) is 0.167. The molecule has 2 heterocycles. The number of amides is 1. The lowest BCUT2D eigenvalue weighted by molar-refractivity contribution is 0.0934. The lowest BCUT2D eigenvalue weighted by atomic mass is 10.1. The van der Waals surface area contributed by atoms with Crippen molar-refractivity contribution in [3.63, 3.8) is 0 Å². The Hall–Kier alpha value is -5.14. The van der Waals surface area contributed by atoms with Gasteiger partial charge in [-0.3, -0.25) is 9.69 Å². The first-order valence-corrected chi connectivity index (χ1v) is 14.5. The van der Waals surface area contributed by atoms with Crippen LogP contribution in [0.4, 0.5) is 0 Å². The molecule has 0 fully saturated rings. The summed E-state index contributed by atoms with van der Waals surface area (Å²) >= 11 is 0. The number of aromatic amines is 1. The van der Waals surface area contributed by atoms with Gasteiger partial charge in [0.15, 0.2) is 5.69 Å². The van der Waals surface area contributed by atoms with Crippen LogP contribution in [-0.4, -0.2) is 27.3 Å². The smallest absolute Gasteiger partial charge is 0.273 e. The molecule has 0 aliphatic heterocycles. The fourth-order valence-electron chi connectivity index (χ4n) is 5.20. The summed E-state index contributed by atoms with van der Waals surface area (Å²) in [6.45, 7) is 3.83. The molecule has 1 unspecified atom stereocenters. The van der Waals surface area contributed by atoms with Gasteiger partial charge in [-0.1, -0.05) is 78.9 Å². The summed E-state index contributed by atoms with van der Waals surface area (Å²) in [5, 5.41) is 4.24. The normalized spacial score (nSPS) is 12.0. The Morgan fingerprint density at radius 1 is 0.907 bits per heavy atom. The van der Waals surface area contributed by atoms with E-state index in [4.69, 9.17) is 9.15 Å². The van der Waals surface area contributed by atoms with Crippen LogP contribution in [0.1, 0.15) is 46.0 Å². The van der Waals surface area contributed by atoms with Gasteiger partial charge in [-0.05, 0) is 60.4 Å². The highest BCUT2D eigenvalue weighted by atomic mass is 16.5. The minimum absolute atomic E-state index is 0.146. The van der Waals surface area contributed by atoms with Gasteiger partial charge in [-0.15, -0.1) is 0 Å². The second-order valence-electron chi connectivity index (χ2n) is 10.6. The van der Waals surface area contributed by atoms with Crippen LogP contribution in [0.15, 0.2) is 126 Å². The van der Waals surface area contributed by atoms with Gasteiger partial charge in [0.2, 0.25) is 5.89 Å². The van der Waals surface area contributed by atoms with Gasteiger partial charge < -0.3 is 19.5 Å². The molecule has 6 aromatic rings. The molecule has 0 bridgehead atoms. The van der Waals surface area contributed by atoms with Crippen molar-refractivity contribution in [3.8, 4) is 11.5 Å². The number of nitrogens with zero attached hydrogens (tertiary/aromatic N) is 2. The van der Waals surface area contributed by atoms with Crippen LogP contribution in [-0.2, 0) is 19.5 Å². The quantitative estimate of drug-likeness (QED) is 0.158. The van der Waals surface area contributed by atoms with Crippen molar-refractivity contribution in [2.24, 2.45) is 0 Å². The summed E-state index contributed by atoms with van der Waals surface area (Å²) in [5.74, 6) is 1.81.